The van der Waals surface area contributed by atoms with Crippen LogP contribution in [-0.2, 0) is 25.9 Å². The number of aromatic hydroxyl groups is 1. The van der Waals surface area contributed by atoms with Crippen LogP contribution >= 0.6 is 0 Å². The maximum Gasteiger partial charge on any atom is 0.161 e. The number of aliphatic hydroxyl groups is 2. The number of H-pyrrole nitrogens is 1. The summed E-state index contributed by atoms with van der Waals surface area (Å²) in [4.78, 5) is 3.61. The minimum atomic E-state index is -0.360. The molecule has 2 fully saturated rings. The Morgan fingerprint density at radius 2 is 1.83 bits per heavy atom. The Bertz CT molecular complexity index is 1370. The summed E-state index contributed by atoms with van der Waals surface area (Å²) in [6.07, 6.45) is 16.1. The standard InChI is InChI=1S/C39H59N3O5/c1-4-5-12-37-31(25-43)20-32(47-37)15-13-28-14-16-36(45)38(19-28)46-26-35(42-39(3)17-8-9-18-39)34-21-30(23-41-34)33(24-40-22-27(2)44)29-10-6-7-11-29/h14,16,19-21,23,27,29,33,35,40-45H,4-13,15,17-18,22,24-26H2,1-3H3/t27-,33+,35-/m0/s1. The number of hydrogen-bond acceptors (Lipinski definition) is 7. The van der Waals surface area contributed by atoms with E-state index in [0.717, 1.165) is 73.4 Å². The highest BCUT2D eigenvalue weighted by molar-refractivity contribution is 5.42. The summed E-state index contributed by atoms with van der Waals surface area (Å²) in [7, 11) is 0. The molecule has 0 saturated heterocycles. The van der Waals surface area contributed by atoms with E-state index in [1.807, 2.05) is 25.1 Å². The van der Waals surface area contributed by atoms with Crippen molar-refractivity contribution >= 4 is 0 Å². The number of phenols is 1. The normalized spacial score (nSPS) is 18.5. The molecule has 0 unspecified atom stereocenters. The first-order valence-electron chi connectivity index (χ1n) is 18.3. The number of aromatic nitrogens is 1. The SMILES string of the molecule is CCCCc1oc(CCc2ccc(O)c(OC[C@H](NC3(C)CCCC3)c3cc([C@H](CNC[C@H](C)O)C4CCCC4)c[nH]3)c2)cc1CO. The number of aliphatic hydroxyl groups excluding tert-OH is 2. The Morgan fingerprint density at radius 1 is 1.04 bits per heavy atom. The molecule has 8 heteroatoms. The summed E-state index contributed by atoms with van der Waals surface area (Å²) in [6, 6.07) is 9.85. The summed E-state index contributed by atoms with van der Waals surface area (Å²) in [5.74, 6) is 3.45. The van der Waals surface area contributed by atoms with Crippen molar-refractivity contribution < 1.29 is 24.5 Å². The lowest BCUT2D eigenvalue weighted by molar-refractivity contribution is 0.189. The Hall–Kier alpha value is -2.78. The van der Waals surface area contributed by atoms with Gasteiger partial charge in [-0.2, -0.15) is 0 Å². The van der Waals surface area contributed by atoms with Crippen LogP contribution in [0.4, 0.5) is 0 Å². The van der Waals surface area contributed by atoms with Crippen molar-refractivity contribution in [2.45, 2.75) is 134 Å². The molecule has 0 aliphatic heterocycles. The van der Waals surface area contributed by atoms with Gasteiger partial charge in [-0.25, -0.2) is 0 Å². The highest BCUT2D eigenvalue weighted by Gasteiger charge is 2.33. The molecular weight excluding hydrogens is 590 g/mol. The van der Waals surface area contributed by atoms with E-state index in [4.69, 9.17) is 9.15 Å². The fourth-order valence-corrected chi connectivity index (χ4v) is 7.74. The molecular formula is C39H59N3O5. The third-order valence-corrected chi connectivity index (χ3v) is 10.5. The van der Waals surface area contributed by atoms with Crippen LogP contribution in [0.1, 0.15) is 131 Å². The van der Waals surface area contributed by atoms with E-state index in [9.17, 15) is 15.3 Å². The second-order valence-electron chi connectivity index (χ2n) is 14.5. The number of ether oxygens (including phenoxy) is 1. The summed E-state index contributed by atoms with van der Waals surface area (Å²) in [5.41, 5.74) is 4.42. The van der Waals surface area contributed by atoms with Crippen molar-refractivity contribution in [2.24, 2.45) is 5.92 Å². The first-order valence-corrected chi connectivity index (χ1v) is 18.3. The number of unbranched alkanes of at least 4 members (excludes halogenated alkanes) is 1. The third kappa shape index (κ3) is 9.88. The molecule has 1 aromatic carbocycles. The van der Waals surface area contributed by atoms with Crippen LogP contribution in [0.2, 0.25) is 0 Å². The lowest BCUT2D eigenvalue weighted by Crippen LogP contribution is -2.44. The molecule has 260 valence electrons. The van der Waals surface area contributed by atoms with E-state index in [2.05, 4.69) is 41.7 Å². The van der Waals surface area contributed by atoms with Gasteiger partial charge < -0.3 is 40.1 Å². The number of aryl methyl sites for hydroxylation is 3. The first-order chi connectivity index (χ1) is 22.8. The Balaban J connectivity index is 1.28. The summed E-state index contributed by atoms with van der Waals surface area (Å²) in [5, 5.41) is 37.9. The van der Waals surface area contributed by atoms with E-state index in [1.54, 1.807) is 6.07 Å². The number of hydrogen-bond donors (Lipinski definition) is 6. The quantitative estimate of drug-likeness (QED) is 0.0811. The zero-order valence-electron chi connectivity index (χ0n) is 29.0. The van der Waals surface area contributed by atoms with Gasteiger partial charge in [-0.05, 0) is 93.7 Å². The fourth-order valence-electron chi connectivity index (χ4n) is 7.74. The monoisotopic (exact) mass is 649 g/mol. The highest BCUT2D eigenvalue weighted by atomic mass is 16.5. The lowest BCUT2D eigenvalue weighted by Gasteiger charge is -2.31. The zero-order valence-corrected chi connectivity index (χ0v) is 29.0. The number of phenolic OH excluding ortho intramolecular Hbond substituents is 1. The molecule has 0 amide bonds. The molecule has 3 atom stereocenters. The van der Waals surface area contributed by atoms with Gasteiger partial charge in [0.15, 0.2) is 11.5 Å². The molecule has 2 heterocycles. The molecule has 2 aliphatic carbocycles. The van der Waals surface area contributed by atoms with Crippen LogP contribution in [0, 0.1) is 5.92 Å². The molecule has 5 rings (SSSR count). The number of furan rings is 1. The average Bonchev–Trinajstić information content (AvgIpc) is 3.88. The molecule has 2 aromatic heterocycles. The fraction of sp³-hybridized carbons (Fsp3) is 0.641. The van der Waals surface area contributed by atoms with Gasteiger partial charge in [-0.15, -0.1) is 0 Å². The lowest BCUT2D eigenvalue weighted by atomic mass is 9.85. The second kappa shape index (κ2) is 17.0. The minimum Gasteiger partial charge on any atom is -0.504 e. The molecule has 47 heavy (non-hydrogen) atoms. The van der Waals surface area contributed by atoms with Crippen molar-refractivity contribution in [1.82, 2.24) is 15.6 Å². The average molecular weight is 650 g/mol. The Labute approximate surface area is 281 Å². The van der Waals surface area contributed by atoms with Gasteiger partial charge in [-0.1, -0.05) is 45.1 Å². The Kier molecular flexibility index (Phi) is 12.9. The minimum absolute atomic E-state index is 0.00256. The molecule has 8 nitrogen and oxygen atoms in total. The molecule has 0 spiro atoms. The van der Waals surface area contributed by atoms with Gasteiger partial charge in [0.05, 0.1) is 18.8 Å². The van der Waals surface area contributed by atoms with Gasteiger partial charge >= 0.3 is 0 Å². The van der Waals surface area contributed by atoms with E-state index in [-0.39, 0.29) is 30.0 Å². The van der Waals surface area contributed by atoms with Crippen LogP contribution in [0.25, 0.3) is 0 Å². The van der Waals surface area contributed by atoms with Crippen LogP contribution in [-0.4, -0.2) is 51.6 Å². The van der Waals surface area contributed by atoms with Crippen LogP contribution in [0.3, 0.4) is 0 Å². The number of nitrogens with one attached hydrogen (secondary N) is 3. The predicted molar refractivity (Wildman–Crippen MR) is 187 cm³/mol. The van der Waals surface area contributed by atoms with E-state index in [1.165, 1.54) is 44.1 Å². The van der Waals surface area contributed by atoms with Crippen LogP contribution < -0.4 is 15.4 Å². The molecule has 0 radical (unpaired) electrons. The van der Waals surface area contributed by atoms with Crippen molar-refractivity contribution in [1.29, 1.82) is 0 Å². The van der Waals surface area contributed by atoms with Gasteiger partial charge in [0.1, 0.15) is 18.1 Å². The Morgan fingerprint density at radius 3 is 2.55 bits per heavy atom. The van der Waals surface area contributed by atoms with E-state index >= 15 is 0 Å². The summed E-state index contributed by atoms with van der Waals surface area (Å²) < 4.78 is 12.5. The van der Waals surface area contributed by atoms with Crippen LogP contribution in [0.5, 0.6) is 11.5 Å². The molecule has 0 bridgehead atoms. The maximum atomic E-state index is 10.8. The number of aromatic amines is 1. The second-order valence-corrected chi connectivity index (χ2v) is 14.5. The first kappa shape index (κ1) is 35.5. The van der Waals surface area contributed by atoms with Crippen molar-refractivity contribution in [3.8, 4) is 11.5 Å². The maximum absolute atomic E-state index is 10.8. The molecule has 6 N–H and O–H groups in total. The van der Waals surface area contributed by atoms with Crippen molar-refractivity contribution in [3.05, 3.63) is 70.4 Å². The van der Waals surface area contributed by atoms with Gasteiger partial charge in [0.25, 0.3) is 0 Å². The zero-order chi connectivity index (χ0) is 33.2. The molecule has 2 saturated carbocycles. The molecule has 3 aromatic rings. The van der Waals surface area contributed by atoms with Gasteiger partial charge in [0.2, 0.25) is 0 Å². The molecule has 2 aliphatic rings. The largest absolute Gasteiger partial charge is 0.504 e. The summed E-state index contributed by atoms with van der Waals surface area (Å²) in [6.45, 7) is 8.15. The third-order valence-electron chi connectivity index (χ3n) is 10.5. The van der Waals surface area contributed by atoms with E-state index in [0.29, 0.717) is 37.2 Å². The van der Waals surface area contributed by atoms with Crippen molar-refractivity contribution in [2.75, 3.05) is 19.7 Å². The summed E-state index contributed by atoms with van der Waals surface area (Å²) >= 11 is 0. The predicted octanol–water partition coefficient (Wildman–Crippen LogP) is 7.22. The smallest absolute Gasteiger partial charge is 0.161 e. The van der Waals surface area contributed by atoms with Gasteiger partial charge in [-0.3, -0.25) is 0 Å². The van der Waals surface area contributed by atoms with Crippen molar-refractivity contribution in [3.63, 3.8) is 0 Å². The van der Waals surface area contributed by atoms with Gasteiger partial charge in [0, 0.05) is 54.8 Å². The number of rotatable bonds is 19. The van der Waals surface area contributed by atoms with E-state index < -0.39 is 0 Å². The van der Waals surface area contributed by atoms with Crippen LogP contribution in [0.15, 0.2) is 40.9 Å². The highest BCUT2D eigenvalue weighted by Crippen LogP contribution is 2.39. The number of benzene rings is 1. The topological polar surface area (TPSA) is 123 Å².